The Kier molecular flexibility index (Phi) is 4.22. The highest BCUT2D eigenvalue weighted by atomic mass is 32.2. The summed E-state index contributed by atoms with van der Waals surface area (Å²) >= 11 is 2.10. The van der Waals surface area contributed by atoms with E-state index in [9.17, 15) is 0 Å². The van der Waals surface area contributed by atoms with E-state index in [4.69, 9.17) is 0 Å². The van der Waals surface area contributed by atoms with Gasteiger partial charge in [0.25, 0.3) is 0 Å². The van der Waals surface area contributed by atoms with Crippen molar-refractivity contribution in [3.05, 3.63) is 24.0 Å². The first kappa shape index (κ1) is 14.2. The van der Waals surface area contributed by atoms with Gasteiger partial charge in [-0.1, -0.05) is 13.8 Å². The van der Waals surface area contributed by atoms with Gasteiger partial charge in [0.2, 0.25) is 0 Å². The lowest BCUT2D eigenvalue weighted by Gasteiger charge is -2.26. The average molecular weight is 291 g/mol. The molecule has 20 heavy (non-hydrogen) atoms. The molecule has 1 aliphatic carbocycles. The maximum Gasteiger partial charge on any atom is 0.0598 e. The van der Waals surface area contributed by atoms with E-state index < -0.39 is 0 Å². The predicted molar refractivity (Wildman–Crippen MR) is 87.5 cm³/mol. The summed E-state index contributed by atoms with van der Waals surface area (Å²) < 4.78 is 0.406. The molecule has 1 saturated carbocycles. The minimum absolute atomic E-state index is 0.406. The zero-order chi connectivity index (χ0) is 14.0. The summed E-state index contributed by atoms with van der Waals surface area (Å²) in [5, 5.41) is 3.62. The molecule has 0 radical (unpaired) electrons. The Morgan fingerprint density at radius 3 is 3.05 bits per heavy atom. The lowest BCUT2D eigenvalue weighted by Crippen LogP contribution is -2.29. The van der Waals surface area contributed by atoms with Crippen molar-refractivity contribution in [1.82, 2.24) is 10.3 Å². The summed E-state index contributed by atoms with van der Waals surface area (Å²) in [7, 11) is 0. The standard InChI is InChI=1S/C16H25N3S/c1-16(2)6-8-19(9-10-20-16)15-12-17-7-5-13(15)11-18-14-3-4-14/h5,7,12,14,18H,3-4,6,8-11H2,1-2H3. The highest BCUT2D eigenvalue weighted by molar-refractivity contribution is 8.00. The lowest BCUT2D eigenvalue weighted by atomic mass is 10.1. The second kappa shape index (κ2) is 5.94. The van der Waals surface area contributed by atoms with E-state index in [1.165, 1.54) is 36.3 Å². The molecule has 1 aliphatic heterocycles. The molecule has 1 aromatic rings. The van der Waals surface area contributed by atoms with Crippen molar-refractivity contribution in [1.29, 1.82) is 0 Å². The van der Waals surface area contributed by atoms with E-state index >= 15 is 0 Å². The van der Waals surface area contributed by atoms with Crippen molar-refractivity contribution in [2.45, 2.75) is 50.4 Å². The normalized spacial score (nSPS) is 22.6. The van der Waals surface area contributed by atoms with Crippen LogP contribution in [0, 0.1) is 0 Å². The van der Waals surface area contributed by atoms with Crippen LogP contribution in [0.15, 0.2) is 18.5 Å². The molecule has 2 fully saturated rings. The van der Waals surface area contributed by atoms with E-state index in [0.29, 0.717) is 4.75 Å². The number of aromatic nitrogens is 1. The number of thioether (sulfide) groups is 1. The summed E-state index contributed by atoms with van der Waals surface area (Å²) in [6.07, 6.45) is 7.89. The third-order valence-corrected chi connectivity index (χ3v) is 5.60. The van der Waals surface area contributed by atoms with E-state index in [1.54, 1.807) is 0 Å². The van der Waals surface area contributed by atoms with E-state index in [1.807, 2.05) is 12.4 Å². The molecule has 2 aliphatic rings. The molecule has 4 heteroatoms. The number of hydrogen-bond donors (Lipinski definition) is 1. The predicted octanol–water partition coefficient (Wildman–Crippen LogP) is 3.06. The fourth-order valence-corrected chi connectivity index (χ4v) is 3.75. The van der Waals surface area contributed by atoms with Gasteiger partial charge in [0, 0.05) is 42.4 Å². The van der Waals surface area contributed by atoms with Crippen LogP contribution in [0.4, 0.5) is 5.69 Å². The van der Waals surface area contributed by atoms with E-state index in [-0.39, 0.29) is 0 Å². The van der Waals surface area contributed by atoms with Gasteiger partial charge in [-0.3, -0.25) is 4.98 Å². The second-order valence-electron chi connectivity index (χ2n) is 6.50. The molecule has 0 bridgehead atoms. The molecular weight excluding hydrogens is 266 g/mol. The zero-order valence-electron chi connectivity index (χ0n) is 12.6. The Labute approximate surface area is 126 Å². The number of pyridine rings is 1. The minimum Gasteiger partial charge on any atom is -0.369 e. The average Bonchev–Trinajstić information content (AvgIpc) is 3.25. The summed E-state index contributed by atoms with van der Waals surface area (Å²) in [6, 6.07) is 2.93. The van der Waals surface area contributed by atoms with Gasteiger partial charge in [-0.15, -0.1) is 0 Å². The first-order chi connectivity index (χ1) is 9.64. The number of anilines is 1. The fourth-order valence-electron chi connectivity index (χ4n) is 2.65. The van der Waals surface area contributed by atoms with Crippen LogP contribution in [0.5, 0.6) is 0 Å². The van der Waals surface area contributed by atoms with Gasteiger partial charge in [0.1, 0.15) is 0 Å². The van der Waals surface area contributed by atoms with Crippen LogP contribution in [0.2, 0.25) is 0 Å². The number of hydrogen-bond acceptors (Lipinski definition) is 4. The van der Waals surface area contributed by atoms with E-state index in [2.05, 4.69) is 46.9 Å². The van der Waals surface area contributed by atoms with Gasteiger partial charge in [0.15, 0.2) is 0 Å². The number of nitrogens with zero attached hydrogens (tertiary/aromatic N) is 2. The first-order valence-corrected chi connectivity index (χ1v) is 8.68. The number of nitrogens with one attached hydrogen (secondary N) is 1. The Morgan fingerprint density at radius 2 is 2.25 bits per heavy atom. The first-order valence-electron chi connectivity index (χ1n) is 7.69. The highest BCUT2D eigenvalue weighted by Crippen LogP contribution is 2.33. The summed E-state index contributed by atoms with van der Waals surface area (Å²) in [5.41, 5.74) is 2.73. The van der Waals surface area contributed by atoms with Crippen molar-refractivity contribution >= 4 is 17.4 Å². The number of rotatable bonds is 4. The van der Waals surface area contributed by atoms with Gasteiger partial charge < -0.3 is 10.2 Å². The monoisotopic (exact) mass is 291 g/mol. The molecule has 110 valence electrons. The van der Waals surface area contributed by atoms with Crippen molar-refractivity contribution in [2.75, 3.05) is 23.7 Å². The van der Waals surface area contributed by atoms with Crippen LogP contribution in [0.3, 0.4) is 0 Å². The van der Waals surface area contributed by atoms with Gasteiger partial charge in [-0.2, -0.15) is 11.8 Å². The highest BCUT2D eigenvalue weighted by Gasteiger charge is 2.25. The smallest absolute Gasteiger partial charge is 0.0598 e. The quantitative estimate of drug-likeness (QED) is 0.923. The largest absolute Gasteiger partial charge is 0.369 e. The molecule has 3 rings (SSSR count). The SMILES string of the molecule is CC1(C)CCN(c2cnccc2CNC2CC2)CCS1. The van der Waals surface area contributed by atoms with Gasteiger partial charge >= 0.3 is 0 Å². The molecule has 3 nitrogen and oxygen atoms in total. The van der Waals surface area contributed by atoms with Crippen molar-refractivity contribution in [2.24, 2.45) is 0 Å². The second-order valence-corrected chi connectivity index (χ2v) is 8.31. The van der Waals surface area contributed by atoms with Crippen LogP contribution in [0.1, 0.15) is 38.7 Å². The Balaban J connectivity index is 1.71. The molecule has 0 spiro atoms. The van der Waals surface area contributed by atoms with Crippen LogP contribution in [0.25, 0.3) is 0 Å². The minimum atomic E-state index is 0.406. The summed E-state index contributed by atoms with van der Waals surface area (Å²) in [6.45, 7) is 7.98. The summed E-state index contributed by atoms with van der Waals surface area (Å²) in [5.74, 6) is 1.21. The van der Waals surface area contributed by atoms with Crippen LogP contribution >= 0.6 is 11.8 Å². The third kappa shape index (κ3) is 3.67. The molecule has 0 unspecified atom stereocenters. The van der Waals surface area contributed by atoms with Gasteiger partial charge in [-0.25, -0.2) is 0 Å². The Morgan fingerprint density at radius 1 is 1.40 bits per heavy atom. The van der Waals surface area contributed by atoms with Crippen molar-refractivity contribution < 1.29 is 0 Å². The third-order valence-electron chi connectivity index (χ3n) is 4.22. The van der Waals surface area contributed by atoms with E-state index in [0.717, 1.165) is 25.7 Å². The molecule has 1 N–H and O–H groups in total. The molecule has 1 aromatic heterocycles. The van der Waals surface area contributed by atoms with Crippen molar-refractivity contribution in [3.8, 4) is 0 Å². The summed E-state index contributed by atoms with van der Waals surface area (Å²) in [4.78, 5) is 6.88. The molecular formula is C16H25N3S. The fraction of sp³-hybridized carbons (Fsp3) is 0.688. The molecule has 0 atom stereocenters. The van der Waals surface area contributed by atoms with Gasteiger partial charge in [-0.05, 0) is 30.9 Å². The Hall–Kier alpha value is -0.740. The lowest BCUT2D eigenvalue weighted by molar-refractivity contribution is 0.633. The molecule has 0 aromatic carbocycles. The van der Waals surface area contributed by atoms with Crippen LogP contribution < -0.4 is 10.2 Å². The molecule has 0 amide bonds. The van der Waals surface area contributed by atoms with Crippen LogP contribution in [-0.4, -0.2) is 34.6 Å². The van der Waals surface area contributed by atoms with Crippen molar-refractivity contribution in [3.63, 3.8) is 0 Å². The van der Waals surface area contributed by atoms with Crippen LogP contribution in [-0.2, 0) is 6.54 Å². The maximum atomic E-state index is 4.35. The molecule has 1 saturated heterocycles. The van der Waals surface area contributed by atoms with Gasteiger partial charge in [0.05, 0.1) is 11.9 Å². The Bertz CT molecular complexity index is 457. The maximum absolute atomic E-state index is 4.35. The zero-order valence-corrected chi connectivity index (χ0v) is 13.4. The molecule has 2 heterocycles. The topological polar surface area (TPSA) is 28.2 Å².